The number of carbonyl (C=O) groups is 2. The van der Waals surface area contributed by atoms with Crippen molar-refractivity contribution in [3.8, 4) is 0 Å². The first-order valence-corrected chi connectivity index (χ1v) is 7.66. The summed E-state index contributed by atoms with van der Waals surface area (Å²) < 4.78 is 11.2. The zero-order chi connectivity index (χ0) is 15.0. The molecule has 0 aromatic heterocycles. The number of nitrogens with one attached hydrogen (secondary N) is 1. The fourth-order valence-electron chi connectivity index (χ4n) is 1.48. The first kappa shape index (κ1) is 16.1. The van der Waals surface area contributed by atoms with E-state index in [9.17, 15) is 13.8 Å². The molecule has 0 bridgehead atoms. The Labute approximate surface area is 120 Å². The molecule has 5 nitrogen and oxygen atoms in total. The van der Waals surface area contributed by atoms with Gasteiger partial charge in [-0.2, -0.15) is 0 Å². The van der Waals surface area contributed by atoms with Crippen LogP contribution in [0.1, 0.15) is 22.8 Å². The maximum Gasteiger partial charge on any atom is 0.328 e. The Balaban J connectivity index is 2.62. The number of rotatable bonds is 7. The number of carbonyl (C=O) groups excluding carboxylic acids is 1. The lowest BCUT2D eigenvalue weighted by Crippen LogP contribution is -2.28. The highest BCUT2D eigenvalue weighted by molar-refractivity contribution is 7.84. The van der Waals surface area contributed by atoms with Crippen molar-refractivity contribution in [1.82, 2.24) is 5.32 Å². The van der Waals surface area contributed by atoms with E-state index in [0.717, 1.165) is 6.08 Å². The highest BCUT2D eigenvalue weighted by Crippen LogP contribution is 2.07. The smallest absolute Gasteiger partial charge is 0.328 e. The molecule has 1 aromatic carbocycles. The van der Waals surface area contributed by atoms with Gasteiger partial charge in [-0.25, -0.2) is 4.79 Å². The van der Waals surface area contributed by atoms with Crippen molar-refractivity contribution in [1.29, 1.82) is 0 Å². The largest absolute Gasteiger partial charge is 0.478 e. The van der Waals surface area contributed by atoms with Crippen LogP contribution in [0, 0.1) is 0 Å². The lowest BCUT2D eigenvalue weighted by Gasteiger charge is -2.05. The quantitative estimate of drug-likeness (QED) is 0.742. The number of hydrogen-bond donors (Lipinski definition) is 2. The first-order valence-electron chi connectivity index (χ1n) is 6.17. The predicted octanol–water partition coefficient (Wildman–Crippen LogP) is 1.28. The van der Waals surface area contributed by atoms with Gasteiger partial charge in [-0.1, -0.05) is 19.1 Å². The van der Waals surface area contributed by atoms with Crippen LogP contribution < -0.4 is 5.32 Å². The third-order valence-corrected chi connectivity index (χ3v) is 3.81. The van der Waals surface area contributed by atoms with Gasteiger partial charge in [-0.15, -0.1) is 0 Å². The molecule has 1 amide bonds. The molecule has 0 fully saturated rings. The second-order valence-corrected chi connectivity index (χ2v) is 5.85. The van der Waals surface area contributed by atoms with Gasteiger partial charge in [-0.05, 0) is 23.8 Å². The first-order chi connectivity index (χ1) is 9.52. The highest BCUT2D eigenvalue weighted by atomic mass is 32.2. The predicted molar refractivity (Wildman–Crippen MR) is 79.0 cm³/mol. The Morgan fingerprint density at radius 2 is 2.15 bits per heavy atom. The number of aliphatic carboxylic acids is 1. The average molecular weight is 295 g/mol. The Bertz CT molecular complexity index is 540. The van der Waals surface area contributed by atoms with Gasteiger partial charge in [0.25, 0.3) is 5.91 Å². The molecule has 6 heteroatoms. The monoisotopic (exact) mass is 295 g/mol. The minimum absolute atomic E-state index is 0.260. The van der Waals surface area contributed by atoms with Crippen molar-refractivity contribution >= 4 is 28.8 Å². The SMILES string of the molecule is CCS(=O)CCNC(=O)c1cccc(/C=C/C(=O)O)c1. The molecule has 20 heavy (non-hydrogen) atoms. The summed E-state index contributed by atoms with van der Waals surface area (Å²) in [4.78, 5) is 22.3. The van der Waals surface area contributed by atoms with Crippen LogP contribution in [-0.2, 0) is 15.6 Å². The van der Waals surface area contributed by atoms with Crippen molar-refractivity contribution in [2.24, 2.45) is 0 Å². The van der Waals surface area contributed by atoms with Gasteiger partial charge in [0, 0.05) is 40.5 Å². The number of carboxylic acids is 1. The van der Waals surface area contributed by atoms with Gasteiger partial charge in [0.1, 0.15) is 0 Å². The number of benzene rings is 1. The summed E-state index contributed by atoms with van der Waals surface area (Å²) in [6, 6.07) is 6.64. The van der Waals surface area contributed by atoms with E-state index in [4.69, 9.17) is 5.11 Å². The van der Waals surface area contributed by atoms with Gasteiger partial charge < -0.3 is 10.4 Å². The summed E-state index contributed by atoms with van der Waals surface area (Å²) in [5, 5.41) is 11.2. The van der Waals surface area contributed by atoms with Crippen LogP contribution in [0.2, 0.25) is 0 Å². The standard InChI is InChI=1S/C14H17NO4S/c1-2-20(19)9-8-15-14(18)12-5-3-4-11(10-12)6-7-13(16)17/h3-7,10H,2,8-9H2,1H3,(H,15,18)(H,16,17)/b7-6+. The van der Waals surface area contributed by atoms with E-state index >= 15 is 0 Å². The van der Waals surface area contributed by atoms with E-state index in [1.807, 2.05) is 6.92 Å². The molecule has 1 aromatic rings. The lowest BCUT2D eigenvalue weighted by atomic mass is 10.1. The van der Waals surface area contributed by atoms with Crippen molar-refractivity contribution in [2.45, 2.75) is 6.92 Å². The molecule has 0 aliphatic rings. The molecule has 0 spiro atoms. The molecule has 0 aliphatic carbocycles. The molecule has 0 saturated heterocycles. The lowest BCUT2D eigenvalue weighted by molar-refractivity contribution is -0.131. The van der Waals surface area contributed by atoms with Gasteiger partial charge in [0.05, 0.1) is 0 Å². The summed E-state index contributed by atoms with van der Waals surface area (Å²) in [6.45, 7) is 2.19. The Morgan fingerprint density at radius 1 is 1.40 bits per heavy atom. The molecule has 0 aliphatic heterocycles. The Hall–Kier alpha value is -1.95. The number of carboxylic acid groups (broad SMARTS) is 1. The zero-order valence-corrected chi connectivity index (χ0v) is 12.0. The molecule has 1 rings (SSSR count). The molecule has 0 radical (unpaired) electrons. The number of hydrogen-bond acceptors (Lipinski definition) is 3. The molecule has 1 atom stereocenters. The van der Waals surface area contributed by atoms with E-state index in [2.05, 4.69) is 5.32 Å². The molecular formula is C14H17NO4S. The maximum absolute atomic E-state index is 11.9. The molecular weight excluding hydrogens is 278 g/mol. The minimum atomic E-state index is -1.04. The van der Waals surface area contributed by atoms with Crippen molar-refractivity contribution in [2.75, 3.05) is 18.1 Å². The van der Waals surface area contributed by atoms with Gasteiger partial charge in [-0.3, -0.25) is 9.00 Å². The second kappa shape index (κ2) is 8.27. The highest BCUT2D eigenvalue weighted by Gasteiger charge is 2.05. The third kappa shape index (κ3) is 5.79. The van der Waals surface area contributed by atoms with Crippen molar-refractivity contribution in [3.05, 3.63) is 41.5 Å². The van der Waals surface area contributed by atoms with E-state index in [1.165, 1.54) is 6.08 Å². The maximum atomic E-state index is 11.9. The van der Waals surface area contributed by atoms with Gasteiger partial charge >= 0.3 is 5.97 Å². The third-order valence-electron chi connectivity index (χ3n) is 2.50. The van der Waals surface area contributed by atoms with Crippen LogP contribution >= 0.6 is 0 Å². The molecule has 0 saturated carbocycles. The fraction of sp³-hybridized carbons (Fsp3) is 0.286. The van der Waals surface area contributed by atoms with Gasteiger partial charge in [0.15, 0.2) is 0 Å². The van der Waals surface area contributed by atoms with E-state index in [-0.39, 0.29) is 5.91 Å². The summed E-state index contributed by atoms with van der Waals surface area (Å²) in [5.41, 5.74) is 1.08. The van der Waals surface area contributed by atoms with Crippen LogP contribution in [0.15, 0.2) is 30.3 Å². The average Bonchev–Trinajstić information content (AvgIpc) is 2.45. The Kier molecular flexibility index (Phi) is 6.66. The zero-order valence-electron chi connectivity index (χ0n) is 11.2. The summed E-state index contributed by atoms with van der Waals surface area (Å²) in [7, 11) is -0.904. The van der Waals surface area contributed by atoms with E-state index < -0.39 is 16.8 Å². The molecule has 108 valence electrons. The van der Waals surface area contributed by atoms with Crippen LogP contribution in [0.3, 0.4) is 0 Å². The van der Waals surface area contributed by atoms with Gasteiger partial charge in [0.2, 0.25) is 0 Å². The topological polar surface area (TPSA) is 83.5 Å². The second-order valence-electron chi connectivity index (χ2n) is 3.99. The molecule has 1 unspecified atom stereocenters. The number of amides is 1. The summed E-state index contributed by atoms with van der Waals surface area (Å²) in [6.07, 6.45) is 2.44. The normalized spacial score (nSPS) is 12.2. The molecule has 0 heterocycles. The van der Waals surface area contributed by atoms with Crippen LogP contribution in [-0.4, -0.2) is 39.2 Å². The Morgan fingerprint density at radius 3 is 2.80 bits per heavy atom. The van der Waals surface area contributed by atoms with Crippen LogP contribution in [0.4, 0.5) is 0 Å². The van der Waals surface area contributed by atoms with Crippen molar-refractivity contribution in [3.63, 3.8) is 0 Å². The summed E-state index contributed by atoms with van der Waals surface area (Å²) in [5.74, 6) is -0.294. The molecule has 2 N–H and O–H groups in total. The van der Waals surface area contributed by atoms with E-state index in [0.29, 0.717) is 29.2 Å². The van der Waals surface area contributed by atoms with E-state index in [1.54, 1.807) is 24.3 Å². The van der Waals surface area contributed by atoms with Crippen molar-refractivity contribution < 1.29 is 18.9 Å². The van der Waals surface area contributed by atoms with Crippen LogP contribution in [0.25, 0.3) is 6.08 Å². The van der Waals surface area contributed by atoms with Crippen LogP contribution in [0.5, 0.6) is 0 Å². The summed E-state index contributed by atoms with van der Waals surface area (Å²) >= 11 is 0. The fourth-order valence-corrected chi connectivity index (χ4v) is 2.09. The minimum Gasteiger partial charge on any atom is -0.478 e.